The fraction of sp³-hybridized carbons (Fsp3) is 0.158. The monoisotopic (exact) mass is 426 g/mol. The molecular weight excluding hydrogens is 413 g/mol. The second-order valence-electron chi connectivity index (χ2n) is 5.77. The number of amides is 1. The molecule has 0 saturated heterocycles. The van der Waals surface area contributed by atoms with Gasteiger partial charge in [0.05, 0.1) is 22.8 Å². The van der Waals surface area contributed by atoms with Crippen molar-refractivity contribution in [2.45, 2.75) is 11.9 Å². The van der Waals surface area contributed by atoms with Crippen molar-refractivity contribution in [1.82, 2.24) is 5.16 Å². The summed E-state index contributed by atoms with van der Waals surface area (Å²) in [6, 6.07) is 13.7. The van der Waals surface area contributed by atoms with E-state index in [-0.39, 0.29) is 11.4 Å². The molecule has 0 radical (unpaired) electrons. The molecule has 3 rings (SSSR count). The maximum absolute atomic E-state index is 13.0. The highest BCUT2D eigenvalue weighted by Crippen LogP contribution is 2.34. The van der Waals surface area contributed by atoms with Crippen LogP contribution >= 0.6 is 23.4 Å². The van der Waals surface area contributed by atoms with Crippen LogP contribution in [0.2, 0.25) is 5.02 Å². The molecule has 0 aliphatic rings. The van der Waals surface area contributed by atoms with Crippen LogP contribution in [0.5, 0.6) is 0 Å². The number of nitrogens with zero attached hydrogens (tertiary/aromatic N) is 1. The summed E-state index contributed by atoms with van der Waals surface area (Å²) in [5.74, 6) is 0.357. The van der Waals surface area contributed by atoms with Crippen LogP contribution in [0, 0.1) is 0 Å². The van der Waals surface area contributed by atoms with Crippen molar-refractivity contribution in [3.05, 3.63) is 70.9 Å². The Morgan fingerprint density at radius 3 is 2.57 bits per heavy atom. The highest BCUT2D eigenvalue weighted by atomic mass is 35.5. The Kier molecular flexibility index (Phi) is 6.31. The molecule has 0 aliphatic heterocycles. The molecule has 1 amide bonds. The summed E-state index contributed by atoms with van der Waals surface area (Å²) in [7, 11) is 0. The molecule has 146 valence electrons. The first kappa shape index (κ1) is 20.3. The van der Waals surface area contributed by atoms with Crippen LogP contribution in [0.25, 0.3) is 11.3 Å². The Balaban J connectivity index is 1.53. The van der Waals surface area contributed by atoms with E-state index in [4.69, 9.17) is 16.1 Å². The molecule has 0 saturated carbocycles. The topological polar surface area (TPSA) is 55.1 Å². The molecule has 2 aromatic carbocycles. The average molecular weight is 427 g/mol. The molecule has 0 aliphatic carbocycles. The van der Waals surface area contributed by atoms with Gasteiger partial charge in [0.15, 0.2) is 0 Å². The lowest BCUT2D eigenvalue weighted by Crippen LogP contribution is -2.18. The summed E-state index contributed by atoms with van der Waals surface area (Å²) < 4.78 is 44.1. The van der Waals surface area contributed by atoms with E-state index in [0.29, 0.717) is 22.2 Å². The van der Waals surface area contributed by atoms with Crippen LogP contribution in [-0.2, 0) is 16.7 Å². The number of hydrogen-bond acceptors (Lipinski definition) is 4. The third-order valence-corrected chi connectivity index (χ3v) is 4.89. The number of benzene rings is 2. The molecule has 3 aromatic rings. The minimum absolute atomic E-state index is 0.0246. The van der Waals surface area contributed by atoms with Gasteiger partial charge in [-0.3, -0.25) is 4.79 Å². The summed E-state index contributed by atoms with van der Waals surface area (Å²) in [4.78, 5) is 12.0. The molecule has 0 unspecified atom stereocenters. The van der Waals surface area contributed by atoms with Crippen LogP contribution in [0.4, 0.5) is 18.9 Å². The first-order chi connectivity index (χ1) is 13.3. The number of aromatic nitrogens is 1. The van der Waals surface area contributed by atoms with Gasteiger partial charge in [-0.05, 0) is 24.3 Å². The Morgan fingerprint density at radius 2 is 1.86 bits per heavy atom. The Hall–Kier alpha value is -2.45. The summed E-state index contributed by atoms with van der Waals surface area (Å²) in [5, 5.41) is 6.88. The molecular formula is C19H14ClF3N2O2S. The second kappa shape index (κ2) is 8.70. The van der Waals surface area contributed by atoms with Gasteiger partial charge >= 0.3 is 6.18 Å². The predicted octanol–water partition coefficient (Wildman–Crippen LogP) is 5.89. The van der Waals surface area contributed by atoms with E-state index < -0.39 is 17.6 Å². The van der Waals surface area contributed by atoms with Crippen molar-refractivity contribution in [2.75, 3.05) is 11.1 Å². The lowest BCUT2D eigenvalue weighted by atomic mass is 10.1. The summed E-state index contributed by atoms with van der Waals surface area (Å²) >= 11 is 7.06. The largest absolute Gasteiger partial charge is 0.418 e. The van der Waals surface area contributed by atoms with Gasteiger partial charge in [0.2, 0.25) is 5.91 Å². The van der Waals surface area contributed by atoms with E-state index in [1.165, 1.54) is 30.0 Å². The SMILES string of the molecule is O=C(CSCc1cc(-c2ccc(Cl)cc2)no1)Nc1ccccc1C(F)(F)F. The molecule has 4 nitrogen and oxygen atoms in total. The third-order valence-electron chi connectivity index (χ3n) is 3.68. The molecule has 0 atom stereocenters. The lowest BCUT2D eigenvalue weighted by molar-refractivity contribution is -0.137. The second-order valence-corrected chi connectivity index (χ2v) is 7.19. The van der Waals surface area contributed by atoms with Gasteiger partial charge in [0, 0.05) is 16.7 Å². The number of carbonyl (C=O) groups is 1. The number of thioether (sulfide) groups is 1. The van der Waals surface area contributed by atoms with Gasteiger partial charge in [0.25, 0.3) is 0 Å². The minimum Gasteiger partial charge on any atom is -0.360 e. The average Bonchev–Trinajstić information content (AvgIpc) is 3.11. The number of alkyl halides is 3. The van der Waals surface area contributed by atoms with E-state index in [1.807, 2.05) is 12.1 Å². The van der Waals surface area contributed by atoms with Crippen molar-refractivity contribution in [3.63, 3.8) is 0 Å². The number of para-hydroxylation sites is 1. The zero-order valence-corrected chi connectivity index (χ0v) is 15.9. The van der Waals surface area contributed by atoms with E-state index >= 15 is 0 Å². The third kappa shape index (κ3) is 5.30. The van der Waals surface area contributed by atoms with Gasteiger partial charge < -0.3 is 9.84 Å². The zero-order chi connectivity index (χ0) is 20.1. The Morgan fingerprint density at radius 1 is 1.14 bits per heavy atom. The minimum atomic E-state index is -4.53. The fourth-order valence-electron chi connectivity index (χ4n) is 2.41. The van der Waals surface area contributed by atoms with Crippen LogP contribution in [-0.4, -0.2) is 16.8 Å². The quantitative estimate of drug-likeness (QED) is 0.534. The summed E-state index contributed by atoms with van der Waals surface area (Å²) in [6.45, 7) is 0. The van der Waals surface area contributed by atoms with Gasteiger partial charge in [-0.1, -0.05) is 41.0 Å². The maximum Gasteiger partial charge on any atom is 0.418 e. The van der Waals surface area contributed by atoms with Crippen LogP contribution in [0.3, 0.4) is 0 Å². The molecule has 1 N–H and O–H groups in total. The number of carbonyl (C=O) groups excluding carboxylic acids is 1. The van der Waals surface area contributed by atoms with Crippen molar-refractivity contribution in [2.24, 2.45) is 0 Å². The van der Waals surface area contributed by atoms with Crippen LogP contribution < -0.4 is 5.32 Å². The van der Waals surface area contributed by atoms with Gasteiger partial charge in [0.1, 0.15) is 11.5 Å². The van der Waals surface area contributed by atoms with E-state index in [9.17, 15) is 18.0 Å². The van der Waals surface area contributed by atoms with Crippen molar-refractivity contribution in [1.29, 1.82) is 0 Å². The number of halogens is 4. The highest BCUT2D eigenvalue weighted by Gasteiger charge is 2.33. The number of nitrogens with one attached hydrogen (secondary N) is 1. The van der Waals surface area contributed by atoms with E-state index in [0.717, 1.165) is 11.6 Å². The first-order valence-electron chi connectivity index (χ1n) is 8.08. The Bertz CT molecular complexity index is 958. The molecule has 28 heavy (non-hydrogen) atoms. The van der Waals surface area contributed by atoms with Gasteiger partial charge in [-0.15, -0.1) is 11.8 Å². The number of anilines is 1. The molecule has 0 spiro atoms. The van der Waals surface area contributed by atoms with Gasteiger partial charge in [-0.25, -0.2) is 0 Å². The highest BCUT2D eigenvalue weighted by molar-refractivity contribution is 7.99. The standard InChI is InChI=1S/C19H14ClF3N2O2S/c20-13-7-5-12(6-8-13)17-9-14(27-25-17)10-28-11-18(26)24-16-4-2-1-3-15(16)19(21,22)23/h1-9H,10-11H2,(H,24,26). The van der Waals surface area contributed by atoms with Crippen molar-refractivity contribution >= 4 is 35.0 Å². The summed E-state index contributed by atoms with van der Waals surface area (Å²) in [6.07, 6.45) is -4.53. The van der Waals surface area contributed by atoms with E-state index in [2.05, 4.69) is 10.5 Å². The van der Waals surface area contributed by atoms with Crippen molar-refractivity contribution < 1.29 is 22.5 Å². The maximum atomic E-state index is 13.0. The normalized spacial score (nSPS) is 11.4. The van der Waals surface area contributed by atoms with Gasteiger partial charge in [-0.2, -0.15) is 13.2 Å². The van der Waals surface area contributed by atoms with Crippen LogP contribution in [0.15, 0.2) is 59.1 Å². The van der Waals surface area contributed by atoms with E-state index in [1.54, 1.807) is 18.2 Å². The molecule has 0 bridgehead atoms. The molecule has 0 fully saturated rings. The fourth-order valence-corrected chi connectivity index (χ4v) is 3.23. The summed E-state index contributed by atoms with van der Waals surface area (Å²) in [5.41, 5.74) is 0.336. The number of rotatable bonds is 6. The van der Waals surface area contributed by atoms with Crippen LogP contribution in [0.1, 0.15) is 11.3 Å². The molecule has 9 heteroatoms. The zero-order valence-electron chi connectivity index (χ0n) is 14.3. The number of hydrogen-bond donors (Lipinski definition) is 1. The lowest BCUT2D eigenvalue weighted by Gasteiger charge is -2.13. The van der Waals surface area contributed by atoms with Crippen molar-refractivity contribution in [3.8, 4) is 11.3 Å². The predicted molar refractivity (Wildman–Crippen MR) is 103 cm³/mol. The molecule has 1 aromatic heterocycles. The smallest absolute Gasteiger partial charge is 0.360 e. The first-order valence-corrected chi connectivity index (χ1v) is 9.61. The Labute approximate surface area is 168 Å². The molecule has 1 heterocycles.